The number of aliphatic hydroxyl groups excluding tert-OH is 1. The van der Waals surface area contributed by atoms with Gasteiger partial charge in [0.2, 0.25) is 0 Å². The average molecular weight is 147 g/mol. The summed E-state index contributed by atoms with van der Waals surface area (Å²) in [6.07, 6.45) is 2.56. The summed E-state index contributed by atoms with van der Waals surface area (Å²) < 4.78 is 9.14. The van der Waals surface area contributed by atoms with E-state index in [9.17, 15) is 0 Å². The van der Waals surface area contributed by atoms with Gasteiger partial charge >= 0.3 is 0 Å². The molecule has 0 aromatic rings. The lowest BCUT2D eigenvalue weighted by atomic mass is 10.4. The Hall–Kier alpha value is -0.120. The van der Waals surface area contributed by atoms with Crippen LogP contribution in [0.5, 0.6) is 0 Å². The summed E-state index contributed by atoms with van der Waals surface area (Å²) in [4.78, 5) is 0. The van der Waals surface area contributed by atoms with Crippen molar-refractivity contribution in [3.05, 3.63) is 7.11 Å². The molecule has 1 heterocycles. The summed E-state index contributed by atoms with van der Waals surface area (Å²) in [5.74, 6) is 0. The fourth-order valence-electron chi connectivity index (χ4n) is 0.575. The van der Waals surface area contributed by atoms with Gasteiger partial charge in [-0.3, -0.25) is 0 Å². The van der Waals surface area contributed by atoms with Crippen LogP contribution in [0.2, 0.25) is 0 Å². The second-order valence-corrected chi connectivity index (χ2v) is 1.95. The Balaban J connectivity index is 0.000000162. The topological polar surface area (TPSA) is 38.7 Å². The second-order valence-electron chi connectivity index (χ2n) is 1.95. The first-order chi connectivity index (χ1) is 4.91. The van der Waals surface area contributed by atoms with Gasteiger partial charge in [-0.15, -0.1) is 0 Å². The first kappa shape index (κ1) is 9.88. The Morgan fingerprint density at radius 2 is 2.00 bits per heavy atom. The smallest absolute Gasteiger partial charge is 0.0701 e. The molecule has 0 amide bonds. The molecule has 0 aromatic carbocycles. The molecule has 0 bridgehead atoms. The molecule has 1 saturated heterocycles. The first-order valence-corrected chi connectivity index (χ1v) is 3.47. The van der Waals surface area contributed by atoms with Crippen LogP contribution in [-0.2, 0) is 9.47 Å². The Bertz CT molecular complexity index is 43.2. The van der Waals surface area contributed by atoms with Gasteiger partial charge in [0, 0.05) is 13.2 Å². The van der Waals surface area contributed by atoms with Gasteiger partial charge in [0.25, 0.3) is 0 Å². The lowest BCUT2D eigenvalue weighted by Gasteiger charge is -1.83. The van der Waals surface area contributed by atoms with Crippen molar-refractivity contribution < 1.29 is 14.6 Å². The predicted molar refractivity (Wildman–Crippen MR) is 38.4 cm³/mol. The largest absolute Gasteiger partial charge is 0.394 e. The van der Waals surface area contributed by atoms with Gasteiger partial charge in [0.15, 0.2) is 0 Å². The van der Waals surface area contributed by atoms with E-state index in [4.69, 9.17) is 9.84 Å². The van der Waals surface area contributed by atoms with Crippen molar-refractivity contribution in [2.24, 2.45) is 0 Å². The van der Waals surface area contributed by atoms with E-state index in [0.29, 0.717) is 6.61 Å². The fourth-order valence-corrected chi connectivity index (χ4v) is 0.575. The standard InChI is InChI=1S/C4H8O.C3H7O2/c1-2-4-5-3-1;1-5-3-2-4/h1-4H2;4H,1-3H2. The van der Waals surface area contributed by atoms with Crippen molar-refractivity contribution in [2.45, 2.75) is 12.8 Å². The molecule has 1 rings (SSSR count). The van der Waals surface area contributed by atoms with E-state index < -0.39 is 0 Å². The Labute approximate surface area is 62.0 Å². The zero-order valence-electron chi connectivity index (χ0n) is 6.21. The van der Waals surface area contributed by atoms with Crippen molar-refractivity contribution in [3.63, 3.8) is 0 Å². The van der Waals surface area contributed by atoms with Gasteiger partial charge in [-0.2, -0.15) is 0 Å². The van der Waals surface area contributed by atoms with E-state index in [2.05, 4.69) is 11.8 Å². The van der Waals surface area contributed by atoms with Crippen LogP contribution in [0, 0.1) is 7.11 Å². The predicted octanol–water partition coefficient (Wildman–Crippen LogP) is 0.584. The highest BCUT2D eigenvalue weighted by atomic mass is 16.5. The van der Waals surface area contributed by atoms with Gasteiger partial charge in [-0.1, -0.05) is 0 Å². The molecule has 3 heteroatoms. The zero-order valence-corrected chi connectivity index (χ0v) is 6.21. The molecule has 0 aliphatic carbocycles. The third kappa shape index (κ3) is 7.88. The van der Waals surface area contributed by atoms with Gasteiger partial charge in [0.1, 0.15) is 0 Å². The number of aliphatic hydroxyl groups is 1. The SMILES string of the molecule is C1CCOC1.[CH2]OCCO. The molecular weight excluding hydrogens is 132 g/mol. The molecule has 61 valence electrons. The van der Waals surface area contributed by atoms with Crippen molar-refractivity contribution in [2.75, 3.05) is 26.4 Å². The third-order valence-corrected chi connectivity index (χ3v) is 1.06. The molecule has 0 aromatic heterocycles. The average Bonchev–Trinajstić information content (AvgIpc) is 2.44. The summed E-state index contributed by atoms with van der Waals surface area (Å²) in [7, 11) is 3.02. The van der Waals surface area contributed by atoms with Crippen LogP contribution in [0.25, 0.3) is 0 Å². The van der Waals surface area contributed by atoms with E-state index in [0.717, 1.165) is 13.2 Å². The van der Waals surface area contributed by atoms with Crippen LogP contribution in [0.3, 0.4) is 0 Å². The molecule has 1 fully saturated rings. The Kier molecular flexibility index (Phi) is 8.77. The van der Waals surface area contributed by atoms with Crippen molar-refractivity contribution in [1.82, 2.24) is 0 Å². The number of hydrogen-bond acceptors (Lipinski definition) is 3. The summed E-state index contributed by atoms with van der Waals surface area (Å²) >= 11 is 0. The quantitative estimate of drug-likeness (QED) is 0.621. The van der Waals surface area contributed by atoms with Crippen LogP contribution < -0.4 is 0 Å². The van der Waals surface area contributed by atoms with E-state index in [-0.39, 0.29) is 6.61 Å². The molecule has 3 nitrogen and oxygen atoms in total. The molecule has 0 unspecified atom stereocenters. The molecule has 1 aliphatic heterocycles. The Morgan fingerprint density at radius 1 is 1.40 bits per heavy atom. The third-order valence-electron chi connectivity index (χ3n) is 1.06. The van der Waals surface area contributed by atoms with Crippen molar-refractivity contribution in [1.29, 1.82) is 0 Å². The molecule has 0 saturated carbocycles. The maximum Gasteiger partial charge on any atom is 0.0701 e. The van der Waals surface area contributed by atoms with Crippen LogP contribution >= 0.6 is 0 Å². The fraction of sp³-hybridized carbons (Fsp3) is 0.857. The highest BCUT2D eigenvalue weighted by Gasteiger charge is 1.94. The molecule has 1 N–H and O–H groups in total. The molecule has 0 atom stereocenters. The summed E-state index contributed by atoms with van der Waals surface area (Å²) in [6, 6.07) is 0. The van der Waals surface area contributed by atoms with Gasteiger partial charge in [-0.25, -0.2) is 0 Å². The van der Waals surface area contributed by atoms with Crippen LogP contribution in [0.1, 0.15) is 12.8 Å². The minimum Gasteiger partial charge on any atom is -0.394 e. The van der Waals surface area contributed by atoms with E-state index >= 15 is 0 Å². The molecule has 1 aliphatic rings. The zero-order chi connectivity index (χ0) is 7.66. The molecular formula is C7H15O3. The lowest BCUT2D eigenvalue weighted by molar-refractivity contribution is 0.162. The normalized spacial score (nSPS) is 16.2. The monoisotopic (exact) mass is 147 g/mol. The van der Waals surface area contributed by atoms with Crippen LogP contribution in [0.4, 0.5) is 0 Å². The molecule has 0 spiro atoms. The molecule has 1 radical (unpaired) electrons. The summed E-state index contributed by atoms with van der Waals surface area (Å²) in [5, 5.41) is 7.90. The Morgan fingerprint density at radius 3 is 2.10 bits per heavy atom. The number of ether oxygens (including phenoxy) is 2. The van der Waals surface area contributed by atoms with Crippen LogP contribution in [-0.4, -0.2) is 31.5 Å². The second kappa shape index (κ2) is 8.88. The maximum absolute atomic E-state index is 7.90. The van der Waals surface area contributed by atoms with E-state index in [1.54, 1.807) is 0 Å². The minimum absolute atomic E-state index is 0.0590. The highest BCUT2D eigenvalue weighted by molar-refractivity contribution is 4.43. The van der Waals surface area contributed by atoms with Crippen LogP contribution in [0.15, 0.2) is 0 Å². The van der Waals surface area contributed by atoms with E-state index in [1.165, 1.54) is 12.8 Å². The first-order valence-electron chi connectivity index (χ1n) is 3.47. The summed E-state index contributed by atoms with van der Waals surface area (Å²) in [6.45, 7) is 2.39. The van der Waals surface area contributed by atoms with Crippen molar-refractivity contribution >= 4 is 0 Å². The van der Waals surface area contributed by atoms with Crippen molar-refractivity contribution in [3.8, 4) is 0 Å². The van der Waals surface area contributed by atoms with E-state index in [1.807, 2.05) is 0 Å². The van der Waals surface area contributed by atoms with Gasteiger partial charge < -0.3 is 14.6 Å². The minimum atomic E-state index is 0.0590. The summed E-state index contributed by atoms with van der Waals surface area (Å²) in [5.41, 5.74) is 0. The number of rotatable bonds is 2. The highest BCUT2D eigenvalue weighted by Crippen LogP contribution is 1.98. The molecule has 10 heavy (non-hydrogen) atoms. The lowest BCUT2D eigenvalue weighted by Crippen LogP contribution is -1.89. The maximum atomic E-state index is 7.90. The number of hydrogen-bond donors (Lipinski definition) is 1. The van der Waals surface area contributed by atoms with Gasteiger partial charge in [-0.05, 0) is 12.8 Å². The van der Waals surface area contributed by atoms with Gasteiger partial charge in [0.05, 0.1) is 20.3 Å².